The van der Waals surface area contributed by atoms with Gasteiger partial charge in [0.05, 0.1) is 23.3 Å². The average molecular weight is 368 g/mol. The minimum absolute atomic E-state index is 0.0490. The van der Waals surface area contributed by atoms with E-state index in [4.69, 9.17) is 0 Å². The van der Waals surface area contributed by atoms with Crippen molar-refractivity contribution in [1.82, 2.24) is 29.3 Å². The summed E-state index contributed by atoms with van der Waals surface area (Å²) in [5.41, 5.74) is 2.25. The highest BCUT2D eigenvalue weighted by Crippen LogP contribution is 2.32. The lowest BCUT2D eigenvalue weighted by molar-refractivity contribution is 0.117. The molecule has 2 aliphatic heterocycles. The Balaban J connectivity index is 1.56. The predicted molar refractivity (Wildman–Crippen MR) is 103 cm³/mol. The number of H-pyrrole nitrogens is 2. The molecule has 0 aromatic carbocycles. The number of imidazole rings is 1. The van der Waals surface area contributed by atoms with Crippen molar-refractivity contribution in [2.45, 2.75) is 32.2 Å². The van der Waals surface area contributed by atoms with Crippen LogP contribution in [0.25, 0.3) is 22.1 Å². The van der Waals surface area contributed by atoms with Crippen LogP contribution in [0.1, 0.15) is 32.2 Å². The predicted octanol–water partition coefficient (Wildman–Crippen LogP) is 2.30. The van der Waals surface area contributed by atoms with Crippen LogP contribution in [0, 0.1) is 5.92 Å². The lowest BCUT2D eigenvalue weighted by Crippen LogP contribution is -2.50. The van der Waals surface area contributed by atoms with Gasteiger partial charge in [-0.1, -0.05) is 6.92 Å². The van der Waals surface area contributed by atoms with E-state index >= 15 is 0 Å². The second-order valence-electron chi connectivity index (χ2n) is 7.82. The maximum Gasteiger partial charge on any atom is 0.326 e. The molecule has 2 N–H and O–H groups in total. The van der Waals surface area contributed by atoms with Crippen molar-refractivity contribution < 1.29 is 4.79 Å². The van der Waals surface area contributed by atoms with E-state index in [1.165, 1.54) is 0 Å². The van der Waals surface area contributed by atoms with Crippen molar-refractivity contribution >= 4 is 28.1 Å². The third-order valence-corrected chi connectivity index (χ3v) is 6.16. The summed E-state index contributed by atoms with van der Waals surface area (Å²) in [4.78, 5) is 40.0. The number of likely N-dealkylation sites (tertiary alicyclic amines) is 2. The first-order chi connectivity index (χ1) is 13.1. The first-order valence-electron chi connectivity index (χ1n) is 9.73. The molecule has 8 heteroatoms. The molecule has 2 amide bonds. The van der Waals surface area contributed by atoms with E-state index < -0.39 is 0 Å². The number of amides is 2. The largest absolute Gasteiger partial charge is 0.346 e. The van der Waals surface area contributed by atoms with Gasteiger partial charge in [-0.15, -0.1) is 0 Å². The average Bonchev–Trinajstić information content (AvgIpc) is 3.40. The minimum Gasteiger partial charge on any atom is -0.346 e. The molecule has 0 radical (unpaired) electrons. The van der Waals surface area contributed by atoms with E-state index in [0.717, 1.165) is 61.0 Å². The molecule has 2 fully saturated rings. The Morgan fingerprint density at radius 2 is 2.04 bits per heavy atom. The number of hydrogen-bond acceptors (Lipinski definition) is 3. The van der Waals surface area contributed by atoms with Gasteiger partial charge in [0.15, 0.2) is 0 Å². The van der Waals surface area contributed by atoms with E-state index in [-0.39, 0.29) is 17.8 Å². The summed E-state index contributed by atoms with van der Waals surface area (Å²) in [6.45, 7) is 5.18. The first kappa shape index (κ1) is 16.4. The third-order valence-electron chi connectivity index (χ3n) is 6.16. The first-order valence-corrected chi connectivity index (χ1v) is 9.73. The Labute approximate surface area is 156 Å². The van der Waals surface area contributed by atoms with Crippen LogP contribution in [-0.4, -0.2) is 61.5 Å². The molecule has 2 saturated heterocycles. The smallest absolute Gasteiger partial charge is 0.326 e. The number of urea groups is 1. The zero-order valence-electron chi connectivity index (χ0n) is 15.4. The van der Waals surface area contributed by atoms with Gasteiger partial charge in [0.25, 0.3) is 0 Å². The molecule has 0 spiro atoms. The van der Waals surface area contributed by atoms with E-state index in [9.17, 15) is 9.59 Å². The van der Waals surface area contributed by atoms with Crippen LogP contribution in [0.2, 0.25) is 0 Å². The molecule has 0 bridgehead atoms. The number of pyridine rings is 1. The van der Waals surface area contributed by atoms with Crippen LogP contribution in [0.5, 0.6) is 0 Å². The molecule has 5 heterocycles. The molecule has 3 aromatic rings. The van der Waals surface area contributed by atoms with E-state index in [0.29, 0.717) is 12.5 Å². The lowest BCUT2D eigenvalue weighted by atomic mass is 9.93. The summed E-state index contributed by atoms with van der Waals surface area (Å²) in [6.07, 6.45) is 6.60. The highest BCUT2D eigenvalue weighted by atomic mass is 16.2. The maximum atomic E-state index is 12.9. The van der Waals surface area contributed by atoms with E-state index in [1.54, 1.807) is 6.20 Å². The van der Waals surface area contributed by atoms with Gasteiger partial charge in [0.1, 0.15) is 5.65 Å². The maximum absolute atomic E-state index is 12.9. The summed E-state index contributed by atoms with van der Waals surface area (Å²) in [6, 6.07) is 2.02. The Kier molecular flexibility index (Phi) is 3.73. The molecule has 5 rings (SSSR count). The lowest BCUT2D eigenvalue weighted by Gasteiger charge is -2.39. The van der Waals surface area contributed by atoms with Crippen LogP contribution in [0.3, 0.4) is 0 Å². The highest BCUT2D eigenvalue weighted by molar-refractivity contribution is 6.00. The van der Waals surface area contributed by atoms with Gasteiger partial charge in [-0.05, 0) is 31.2 Å². The number of hydrogen-bond donors (Lipinski definition) is 2. The van der Waals surface area contributed by atoms with Crippen molar-refractivity contribution in [1.29, 1.82) is 0 Å². The number of carbonyl (C=O) groups is 1. The van der Waals surface area contributed by atoms with Crippen LogP contribution >= 0.6 is 0 Å². The second-order valence-corrected chi connectivity index (χ2v) is 7.82. The summed E-state index contributed by atoms with van der Waals surface area (Å²) in [5, 5.41) is 0.932. The molecule has 2 unspecified atom stereocenters. The molecule has 142 valence electrons. The van der Waals surface area contributed by atoms with Gasteiger partial charge in [0, 0.05) is 37.8 Å². The quantitative estimate of drug-likeness (QED) is 0.691. The van der Waals surface area contributed by atoms with Crippen molar-refractivity contribution in [2.24, 2.45) is 5.92 Å². The van der Waals surface area contributed by atoms with Crippen LogP contribution in [-0.2, 0) is 0 Å². The molecule has 2 atom stereocenters. The molecule has 0 aliphatic carbocycles. The van der Waals surface area contributed by atoms with Gasteiger partial charge in [-0.3, -0.25) is 4.57 Å². The summed E-state index contributed by atoms with van der Waals surface area (Å²) in [7, 11) is 0. The van der Waals surface area contributed by atoms with Gasteiger partial charge < -0.3 is 19.8 Å². The van der Waals surface area contributed by atoms with Gasteiger partial charge >= 0.3 is 11.7 Å². The Hall–Kier alpha value is -2.77. The zero-order valence-corrected chi connectivity index (χ0v) is 15.4. The van der Waals surface area contributed by atoms with Crippen LogP contribution in [0.15, 0.2) is 23.3 Å². The molecule has 2 aliphatic rings. The van der Waals surface area contributed by atoms with Gasteiger partial charge in [-0.2, -0.15) is 0 Å². The van der Waals surface area contributed by atoms with E-state index in [1.807, 2.05) is 26.6 Å². The number of piperidine rings is 1. The number of aromatic amines is 2. The number of nitrogens with one attached hydrogen (secondary N) is 2. The molecular weight excluding hydrogens is 344 g/mol. The number of nitrogens with zero attached hydrogens (tertiary/aromatic N) is 4. The summed E-state index contributed by atoms with van der Waals surface area (Å²) < 4.78 is 1.85. The summed E-state index contributed by atoms with van der Waals surface area (Å²) >= 11 is 0. The SMILES string of the molecule is CC1CCN(C(=O)N2CCCC2)CC1n1c(=O)[nH]c2cnc3[nH]ccc3c21. The van der Waals surface area contributed by atoms with Crippen molar-refractivity contribution in [3.8, 4) is 0 Å². The van der Waals surface area contributed by atoms with Gasteiger partial charge in [-0.25, -0.2) is 14.6 Å². The van der Waals surface area contributed by atoms with Gasteiger partial charge in [0.2, 0.25) is 0 Å². The fourth-order valence-electron chi connectivity index (χ4n) is 4.61. The Morgan fingerprint density at radius 1 is 1.22 bits per heavy atom. The number of carbonyl (C=O) groups excluding carboxylic acids is 1. The Morgan fingerprint density at radius 3 is 2.85 bits per heavy atom. The van der Waals surface area contributed by atoms with E-state index in [2.05, 4.69) is 21.9 Å². The van der Waals surface area contributed by atoms with Crippen molar-refractivity contribution in [3.05, 3.63) is 28.9 Å². The topological polar surface area (TPSA) is 90.0 Å². The molecular formula is C19H24N6O2. The minimum atomic E-state index is -0.132. The van der Waals surface area contributed by atoms with Crippen LogP contribution < -0.4 is 5.69 Å². The molecule has 27 heavy (non-hydrogen) atoms. The second kappa shape index (κ2) is 6.14. The number of aromatic nitrogens is 4. The van der Waals surface area contributed by atoms with Crippen molar-refractivity contribution in [3.63, 3.8) is 0 Å². The highest BCUT2D eigenvalue weighted by Gasteiger charge is 2.34. The normalized spacial score (nSPS) is 23.6. The third kappa shape index (κ3) is 2.54. The molecule has 3 aromatic heterocycles. The number of fused-ring (bicyclic) bond motifs is 3. The molecule has 8 nitrogen and oxygen atoms in total. The molecule has 0 saturated carbocycles. The van der Waals surface area contributed by atoms with Crippen LogP contribution in [0.4, 0.5) is 4.79 Å². The fraction of sp³-hybridized carbons (Fsp3) is 0.526. The zero-order chi connectivity index (χ0) is 18.5. The number of rotatable bonds is 1. The summed E-state index contributed by atoms with van der Waals surface area (Å²) in [5.74, 6) is 0.312. The fourth-order valence-corrected chi connectivity index (χ4v) is 4.61. The standard InChI is InChI=1S/C19H24N6O2/c1-12-5-9-24(19(27)23-7-2-3-8-23)11-15(12)25-16-13-4-6-20-17(13)21-10-14(16)22-18(25)26/h4,6,10,12,15H,2-3,5,7-9,11H2,1H3,(H,20,21)(H,22,26). The Bertz CT molecular complexity index is 1060. The van der Waals surface area contributed by atoms with Crippen molar-refractivity contribution in [2.75, 3.05) is 26.2 Å². The monoisotopic (exact) mass is 368 g/mol.